The molecule has 0 radical (unpaired) electrons. The van der Waals surface area contributed by atoms with Crippen LogP contribution < -0.4 is 0 Å². The number of rotatable bonds is 8. The van der Waals surface area contributed by atoms with Crippen LogP contribution in [0, 0.1) is 0 Å². The van der Waals surface area contributed by atoms with Gasteiger partial charge in [0.2, 0.25) is 0 Å². The van der Waals surface area contributed by atoms with Gasteiger partial charge in [0.25, 0.3) is 0 Å². The summed E-state index contributed by atoms with van der Waals surface area (Å²) in [6.45, 7) is 0. The maximum absolute atomic E-state index is 2.70. The van der Waals surface area contributed by atoms with Crippen LogP contribution >= 0.6 is 0 Å². The van der Waals surface area contributed by atoms with Crippen LogP contribution in [0.4, 0.5) is 0 Å². The molecule has 0 bridgehead atoms. The molecule has 0 unspecified atom stereocenters. The van der Waals surface area contributed by atoms with E-state index in [2.05, 4.69) is 300 Å². The summed E-state index contributed by atoms with van der Waals surface area (Å²) in [4.78, 5) is 0. The Morgan fingerprint density at radius 3 is 1.03 bits per heavy atom. The Morgan fingerprint density at radius 1 is 0.244 bits per heavy atom. The summed E-state index contributed by atoms with van der Waals surface area (Å²) in [6, 6.07) is 101. The van der Waals surface area contributed by atoms with Gasteiger partial charge in [0.05, 0.1) is 33.4 Å². The minimum Gasteiger partial charge on any atom is -0.309 e. The molecule has 2 fully saturated rings. The third kappa shape index (κ3) is 7.77. The Kier molecular flexibility index (Phi) is 11.4. The van der Waals surface area contributed by atoms with E-state index in [1.165, 1.54) is 195 Å². The molecule has 426 valence electrons. The molecule has 2 nitrogen and oxygen atoms in total. The van der Waals surface area contributed by atoms with Crippen molar-refractivity contribution >= 4 is 89.5 Å². The summed E-state index contributed by atoms with van der Waals surface area (Å²) in [5.74, 6) is 0. The van der Waals surface area contributed by atoms with Crippen molar-refractivity contribution in [1.82, 2.24) is 9.13 Å². The van der Waals surface area contributed by atoms with E-state index in [0.717, 1.165) is 0 Å². The van der Waals surface area contributed by atoms with Crippen LogP contribution in [0.5, 0.6) is 0 Å². The maximum Gasteiger partial charge on any atom is 0.0541 e. The molecule has 2 heteroatoms. The van der Waals surface area contributed by atoms with E-state index in [4.69, 9.17) is 0 Å². The molecule has 2 spiro atoms. The number of hydrogen-bond acceptors (Lipinski definition) is 0. The number of nitrogens with zero attached hydrogens (tertiary/aromatic N) is 2. The van der Waals surface area contributed by atoms with Gasteiger partial charge in [-0.25, -0.2) is 0 Å². The van der Waals surface area contributed by atoms with E-state index in [9.17, 15) is 0 Å². The van der Waals surface area contributed by atoms with E-state index in [-0.39, 0.29) is 10.8 Å². The predicted octanol–water partition coefficient (Wildman–Crippen LogP) is 23.5. The van der Waals surface area contributed by atoms with Gasteiger partial charge in [-0.15, -0.1) is 0 Å². The van der Waals surface area contributed by atoms with Gasteiger partial charge in [-0.1, -0.05) is 244 Å². The number of fused-ring (bicyclic) bond motifs is 18. The normalized spacial score (nSPS) is 15.3. The molecule has 0 amide bonds. The Bertz CT molecular complexity index is 5180. The van der Waals surface area contributed by atoms with Crippen LogP contribution in [-0.2, 0) is 10.8 Å². The molecular formula is C88H64N2. The fourth-order valence-electron chi connectivity index (χ4n) is 17.3. The van der Waals surface area contributed by atoms with E-state index in [1.807, 2.05) is 0 Å². The van der Waals surface area contributed by atoms with Crippen molar-refractivity contribution in [2.45, 2.75) is 62.2 Å². The van der Waals surface area contributed by atoms with Crippen LogP contribution in [0.2, 0.25) is 0 Å². The van der Waals surface area contributed by atoms with Gasteiger partial charge in [-0.05, 0) is 198 Å². The summed E-state index contributed by atoms with van der Waals surface area (Å²) >= 11 is 0. The summed E-state index contributed by atoms with van der Waals surface area (Å²) < 4.78 is 4.87. The first-order valence-corrected chi connectivity index (χ1v) is 32.6. The standard InChI is InChI=1S/C88H64N2/c1-3-19-67-63(15-1)17-13-25-81(67)89-83-23-7-5-21-71(83)75-51-59(35-45-85(75)89)29-27-57-31-37-61(38-32-57)65-41-43-69-73-55-80-74(56-79(73)87(77(69)53-65)47-9-10-48-87)70-44-42-66(54-78(70)88(80)49-11-12-50-88)62-39-33-58(34-40-62)28-30-60-36-46-86-76(52-60)72-22-6-8-24-84(72)90(86)82-26-14-18-64-16-2-4-20-68(64)82/h1-8,13-46,51-56H,9-12,47-50H2/b29-27+,30-28+. The minimum atomic E-state index is 0.0493. The SMILES string of the molecule is C(=C\c1ccc2c(c1)c1ccccc1n2-c1cccc2ccccc12)/c1ccc(-c2ccc3c(c2)C2(CCCC2)c2cc4c(cc2-3)C2(CCCC2)c2cc(-c3ccc(/C=C/c5ccc6c(c5)c5ccccc5n6-c5cccc6ccccc56)cc3)ccc2-4)cc1. The first-order chi connectivity index (χ1) is 44.5. The van der Waals surface area contributed by atoms with Gasteiger partial charge in [-0.3, -0.25) is 0 Å². The van der Waals surface area contributed by atoms with Crippen molar-refractivity contribution in [3.63, 3.8) is 0 Å². The quantitative estimate of drug-likeness (QED) is 0.134. The van der Waals surface area contributed by atoms with Crippen LogP contribution in [0.1, 0.15) is 95.9 Å². The first kappa shape index (κ1) is 51.5. The van der Waals surface area contributed by atoms with Gasteiger partial charge in [0, 0.05) is 43.1 Å². The lowest BCUT2D eigenvalue weighted by Crippen LogP contribution is -2.22. The smallest absolute Gasteiger partial charge is 0.0541 e. The Morgan fingerprint density at radius 2 is 0.589 bits per heavy atom. The Labute approximate surface area is 525 Å². The molecule has 15 aromatic rings. The van der Waals surface area contributed by atoms with Crippen molar-refractivity contribution < 1.29 is 0 Å². The topological polar surface area (TPSA) is 9.86 Å². The van der Waals surface area contributed by atoms with Gasteiger partial charge in [-0.2, -0.15) is 0 Å². The molecule has 4 aliphatic carbocycles. The zero-order chi connectivity index (χ0) is 59.1. The first-order valence-electron chi connectivity index (χ1n) is 32.6. The lowest BCUT2D eigenvalue weighted by atomic mass is 9.74. The van der Waals surface area contributed by atoms with Gasteiger partial charge < -0.3 is 9.13 Å². The van der Waals surface area contributed by atoms with Crippen molar-refractivity contribution in [2.24, 2.45) is 0 Å². The molecule has 0 aliphatic heterocycles. The number of benzene rings is 13. The lowest BCUT2D eigenvalue weighted by Gasteiger charge is -2.29. The lowest BCUT2D eigenvalue weighted by molar-refractivity contribution is 0.544. The number of para-hydroxylation sites is 2. The summed E-state index contributed by atoms with van der Waals surface area (Å²) in [6.07, 6.45) is 19.0. The zero-order valence-corrected chi connectivity index (χ0v) is 50.3. The second-order valence-electron chi connectivity index (χ2n) is 26.2. The highest BCUT2D eigenvalue weighted by atomic mass is 15.0. The van der Waals surface area contributed by atoms with E-state index >= 15 is 0 Å². The zero-order valence-electron chi connectivity index (χ0n) is 50.3. The fraction of sp³-hybridized carbons (Fsp3) is 0.114. The molecule has 0 saturated heterocycles. The van der Waals surface area contributed by atoms with Crippen molar-refractivity contribution in [3.05, 3.63) is 311 Å². The number of aromatic nitrogens is 2. The van der Waals surface area contributed by atoms with Crippen LogP contribution in [0.25, 0.3) is 145 Å². The molecule has 0 N–H and O–H groups in total. The van der Waals surface area contributed by atoms with Gasteiger partial charge in [0.15, 0.2) is 0 Å². The predicted molar refractivity (Wildman–Crippen MR) is 381 cm³/mol. The van der Waals surface area contributed by atoms with E-state index < -0.39 is 0 Å². The molecule has 2 aromatic heterocycles. The third-order valence-corrected chi connectivity index (χ3v) is 21.6. The average Bonchev–Trinajstić information content (AvgIpc) is 1.54. The maximum atomic E-state index is 2.70. The van der Waals surface area contributed by atoms with Crippen LogP contribution in [-0.4, -0.2) is 9.13 Å². The summed E-state index contributed by atoms with van der Waals surface area (Å²) in [5, 5.41) is 10.1. The van der Waals surface area contributed by atoms with Crippen molar-refractivity contribution in [2.75, 3.05) is 0 Å². The van der Waals surface area contributed by atoms with E-state index in [1.54, 1.807) is 22.3 Å². The highest BCUT2D eigenvalue weighted by Crippen LogP contribution is 2.63. The minimum absolute atomic E-state index is 0.0493. The second kappa shape index (κ2) is 20.0. The Hall–Kier alpha value is -10.5. The highest BCUT2D eigenvalue weighted by molar-refractivity contribution is 6.13. The second-order valence-corrected chi connectivity index (χ2v) is 26.2. The van der Waals surface area contributed by atoms with Gasteiger partial charge in [0.1, 0.15) is 0 Å². The molecule has 13 aromatic carbocycles. The molecule has 2 heterocycles. The summed E-state index contributed by atoms with van der Waals surface area (Å²) in [5.41, 5.74) is 29.5. The van der Waals surface area contributed by atoms with Crippen molar-refractivity contribution in [1.29, 1.82) is 0 Å². The molecule has 19 rings (SSSR count). The molecule has 90 heavy (non-hydrogen) atoms. The molecule has 0 atom stereocenters. The van der Waals surface area contributed by atoms with Crippen molar-refractivity contribution in [3.8, 4) is 55.9 Å². The van der Waals surface area contributed by atoms with Gasteiger partial charge >= 0.3 is 0 Å². The molecular weight excluding hydrogens is 1080 g/mol. The molecule has 2 saturated carbocycles. The fourth-order valence-corrected chi connectivity index (χ4v) is 17.3. The largest absolute Gasteiger partial charge is 0.309 e. The highest BCUT2D eigenvalue weighted by Gasteiger charge is 2.50. The number of hydrogen-bond donors (Lipinski definition) is 0. The van der Waals surface area contributed by atoms with Crippen LogP contribution in [0.15, 0.2) is 267 Å². The molecule has 4 aliphatic rings. The Balaban J connectivity index is 0.594. The van der Waals surface area contributed by atoms with Crippen LogP contribution in [0.3, 0.4) is 0 Å². The monoisotopic (exact) mass is 1150 g/mol. The average molecular weight is 1150 g/mol. The summed E-state index contributed by atoms with van der Waals surface area (Å²) in [7, 11) is 0. The van der Waals surface area contributed by atoms with E-state index in [0.29, 0.717) is 0 Å². The third-order valence-electron chi connectivity index (χ3n) is 21.6.